The van der Waals surface area contributed by atoms with Crippen molar-refractivity contribution in [2.45, 2.75) is 77.6 Å². The lowest BCUT2D eigenvalue weighted by Crippen LogP contribution is -2.28. The molecule has 10 N–H and O–H groups in total. The second kappa shape index (κ2) is 37.0. The van der Waals surface area contributed by atoms with E-state index in [0.29, 0.717) is 32.6 Å². The Hall–Kier alpha value is -1.30. The van der Waals surface area contributed by atoms with Crippen molar-refractivity contribution < 1.29 is 30.0 Å². The SMILES string of the molecule is CCCCCCCCCCCC(=O)N(C)CCC(=O)O.NCCO.NCCO.NCCO. The van der Waals surface area contributed by atoms with E-state index in [1.165, 1.54) is 49.8 Å². The first kappa shape index (κ1) is 38.0. The van der Waals surface area contributed by atoms with E-state index in [-0.39, 0.29) is 32.1 Å². The quantitative estimate of drug-likeness (QED) is 0.159. The number of carbonyl (C=O) groups excluding carboxylic acids is 1. The Kier molecular flexibility index (Phi) is 44.0. The zero-order valence-electron chi connectivity index (χ0n) is 20.5. The van der Waals surface area contributed by atoms with Crippen LogP contribution in [-0.2, 0) is 9.59 Å². The van der Waals surface area contributed by atoms with Gasteiger partial charge in [0.2, 0.25) is 5.91 Å². The van der Waals surface area contributed by atoms with E-state index in [0.717, 1.165) is 12.8 Å². The molecule has 0 heterocycles. The number of nitrogens with two attached hydrogens (primary N) is 3. The lowest BCUT2D eigenvalue weighted by atomic mass is 10.1. The number of hydrogen-bond acceptors (Lipinski definition) is 8. The van der Waals surface area contributed by atoms with Gasteiger partial charge in [-0.3, -0.25) is 9.59 Å². The molecule has 196 valence electrons. The summed E-state index contributed by atoms with van der Waals surface area (Å²) in [6, 6.07) is 0. The lowest BCUT2D eigenvalue weighted by Gasteiger charge is -2.15. The number of amides is 1. The van der Waals surface area contributed by atoms with E-state index in [1.54, 1.807) is 7.05 Å². The van der Waals surface area contributed by atoms with Gasteiger partial charge in [0.05, 0.1) is 26.2 Å². The third-order valence-corrected chi connectivity index (χ3v) is 3.97. The van der Waals surface area contributed by atoms with Crippen molar-refractivity contribution in [3.8, 4) is 0 Å². The average Bonchev–Trinajstić information content (AvgIpc) is 2.81. The normalized spacial score (nSPS) is 9.38. The highest BCUT2D eigenvalue weighted by Crippen LogP contribution is 2.11. The molecule has 32 heavy (non-hydrogen) atoms. The minimum absolute atomic E-state index is 0.0278. The highest BCUT2D eigenvalue weighted by Gasteiger charge is 2.09. The van der Waals surface area contributed by atoms with Gasteiger partial charge in [0.25, 0.3) is 0 Å². The molecule has 0 radical (unpaired) electrons. The third kappa shape index (κ3) is 46.8. The molecule has 0 atom stereocenters. The summed E-state index contributed by atoms with van der Waals surface area (Å²) in [7, 11) is 1.68. The maximum absolute atomic E-state index is 11.7. The van der Waals surface area contributed by atoms with E-state index in [9.17, 15) is 9.59 Å². The van der Waals surface area contributed by atoms with E-state index in [1.807, 2.05) is 0 Å². The van der Waals surface area contributed by atoms with Crippen LogP contribution in [0, 0.1) is 0 Å². The minimum Gasteiger partial charge on any atom is -0.481 e. The first-order chi connectivity index (χ1) is 15.3. The number of hydrogen-bond donors (Lipinski definition) is 7. The molecule has 0 aliphatic rings. The molecule has 0 aromatic heterocycles. The standard InChI is InChI=1S/C16H31NO3.3C2H7NO/c1-3-4-5-6-7-8-9-10-11-12-15(18)17(2)14-13-16(19)20;3*3-1-2-4/h3-14H2,1-2H3,(H,19,20);3*4H,1-3H2. The number of aliphatic carboxylic acids is 1. The molecule has 0 saturated heterocycles. The third-order valence-electron chi connectivity index (χ3n) is 3.97. The molecule has 0 aromatic rings. The Morgan fingerprint density at radius 1 is 0.688 bits per heavy atom. The van der Waals surface area contributed by atoms with Crippen LogP contribution in [0.4, 0.5) is 0 Å². The van der Waals surface area contributed by atoms with E-state index < -0.39 is 5.97 Å². The van der Waals surface area contributed by atoms with Gasteiger partial charge in [-0.25, -0.2) is 0 Å². The fourth-order valence-corrected chi connectivity index (χ4v) is 2.17. The van der Waals surface area contributed by atoms with Crippen LogP contribution in [0.25, 0.3) is 0 Å². The molecule has 1 amide bonds. The van der Waals surface area contributed by atoms with Crippen molar-refractivity contribution in [3.05, 3.63) is 0 Å². The van der Waals surface area contributed by atoms with Crippen LogP contribution in [0.1, 0.15) is 77.6 Å². The molecular formula is C22H52N4O6. The molecular weight excluding hydrogens is 416 g/mol. The fourth-order valence-electron chi connectivity index (χ4n) is 2.17. The van der Waals surface area contributed by atoms with Gasteiger partial charge in [-0.05, 0) is 6.42 Å². The Morgan fingerprint density at radius 3 is 1.34 bits per heavy atom. The molecule has 0 fully saturated rings. The Labute approximate surface area is 195 Å². The molecule has 0 unspecified atom stereocenters. The number of aliphatic hydroxyl groups excluding tert-OH is 3. The number of carbonyl (C=O) groups is 2. The molecule has 0 bridgehead atoms. The summed E-state index contributed by atoms with van der Waals surface area (Å²) in [5.41, 5.74) is 14.3. The Balaban J connectivity index is -0.000000267. The lowest BCUT2D eigenvalue weighted by molar-refractivity contribution is -0.138. The highest BCUT2D eigenvalue weighted by molar-refractivity contribution is 5.76. The molecule has 0 aliphatic carbocycles. The predicted molar refractivity (Wildman–Crippen MR) is 130 cm³/mol. The Bertz CT molecular complexity index is 348. The topological polar surface area (TPSA) is 196 Å². The Morgan fingerprint density at radius 2 is 1.03 bits per heavy atom. The molecule has 10 heteroatoms. The van der Waals surface area contributed by atoms with Gasteiger partial charge in [0.15, 0.2) is 0 Å². The summed E-state index contributed by atoms with van der Waals surface area (Å²) in [5, 5.41) is 31.8. The van der Waals surface area contributed by atoms with Crippen molar-refractivity contribution >= 4 is 11.9 Å². The van der Waals surface area contributed by atoms with E-state index in [4.69, 9.17) is 37.6 Å². The zero-order chi connectivity index (χ0) is 25.5. The van der Waals surface area contributed by atoms with Crippen LogP contribution in [0.5, 0.6) is 0 Å². The van der Waals surface area contributed by atoms with Gasteiger partial charge >= 0.3 is 5.97 Å². The van der Waals surface area contributed by atoms with Crippen LogP contribution in [0.3, 0.4) is 0 Å². The van der Waals surface area contributed by atoms with E-state index in [2.05, 4.69) is 6.92 Å². The summed E-state index contributed by atoms with van der Waals surface area (Å²) < 4.78 is 0. The van der Waals surface area contributed by atoms with Crippen LogP contribution in [-0.4, -0.2) is 90.2 Å². The molecule has 0 saturated carbocycles. The van der Waals surface area contributed by atoms with Gasteiger partial charge in [0, 0.05) is 39.6 Å². The summed E-state index contributed by atoms with van der Waals surface area (Å²) in [6.07, 6.45) is 11.7. The largest absolute Gasteiger partial charge is 0.481 e. The number of unbranched alkanes of at least 4 members (excludes halogenated alkanes) is 8. The monoisotopic (exact) mass is 468 g/mol. The highest BCUT2D eigenvalue weighted by atomic mass is 16.4. The molecule has 0 aliphatic heterocycles. The second-order valence-electron chi connectivity index (χ2n) is 7.07. The zero-order valence-corrected chi connectivity index (χ0v) is 20.5. The maximum atomic E-state index is 11.7. The van der Waals surface area contributed by atoms with Crippen LogP contribution in [0.2, 0.25) is 0 Å². The molecule has 0 aromatic carbocycles. The van der Waals surface area contributed by atoms with Gasteiger partial charge in [-0.2, -0.15) is 0 Å². The number of aliphatic hydroxyl groups is 3. The van der Waals surface area contributed by atoms with Crippen LogP contribution in [0.15, 0.2) is 0 Å². The van der Waals surface area contributed by atoms with Gasteiger partial charge < -0.3 is 42.5 Å². The smallest absolute Gasteiger partial charge is 0.305 e. The minimum atomic E-state index is -0.854. The van der Waals surface area contributed by atoms with Crippen molar-refractivity contribution in [2.75, 3.05) is 53.0 Å². The summed E-state index contributed by atoms with van der Waals surface area (Å²) in [4.78, 5) is 23.6. The number of rotatable bonds is 16. The summed E-state index contributed by atoms with van der Waals surface area (Å²) in [6.45, 7) is 3.95. The maximum Gasteiger partial charge on any atom is 0.305 e. The van der Waals surface area contributed by atoms with Gasteiger partial charge in [-0.1, -0.05) is 58.3 Å². The first-order valence-electron chi connectivity index (χ1n) is 11.7. The van der Waals surface area contributed by atoms with Gasteiger partial charge in [0.1, 0.15) is 0 Å². The van der Waals surface area contributed by atoms with Crippen LogP contribution >= 0.6 is 0 Å². The number of nitrogens with zero attached hydrogens (tertiary/aromatic N) is 1. The first-order valence-corrected chi connectivity index (χ1v) is 11.7. The molecule has 0 rings (SSSR count). The number of carboxylic acid groups (broad SMARTS) is 1. The molecule has 0 spiro atoms. The average molecular weight is 469 g/mol. The van der Waals surface area contributed by atoms with Crippen molar-refractivity contribution in [2.24, 2.45) is 17.2 Å². The summed E-state index contributed by atoms with van der Waals surface area (Å²) in [5.74, 6) is -0.790. The summed E-state index contributed by atoms with van der Waals surface area (Å²) >= 11 is 0. The number of carboxylic acids is 1. The van der Waals surface area contributed by atoms with Crippen LogP contribution < -0.4 is 17.2 Å². The van der Waals surface area contributed by atoms with Crippen molar-refractivity contribution in [3.63, 3.8) is 0 Å². The van der Waals surface area contributed by atoms with E-state index >= 15 is 0 Å². The predicted octanol–water partition coefficient (Wildman–Crippen LogP) is 0.653. The van der Waals surface area contributed by atoms with Crippen molar-refractivity contribution in [1.29, 1.82) is 0 Å². The molecule has 10 nitrogen and oxygen atoms in total. The van der Waals surface area contributed by atoms with Gasteiger partial charge in [-0.15, -0.1) is 0 Å². The second-order valence-corrected chi connectivity index (χ2v) is 7.07. The fraction of sp³-hybridized carbons (Fsp3) is 0.909. The van der Waals surface area contributed by atoms with Crippen molar-refractivity contribution in [1.82, 2.24) is 4.90 Å².